The number of nitrogens with zero attached hydrogens (tertiary/aromatic N) is 1. The number of nitrogens with one attached hydrogen (secondary N) is 3. The van der Waals surface area contributed by atoms with Gasteiger partial charge in [0.1, 0.15) is 0 Å². The van der Waals surface area contributed by atoms with Crippen LogP contribution in [0.4, 0.5) is 5.69 Å². The van der Waals surface area contributed by atoms with E-state index in [1.165, 1.54) is 18.2 Å². The average Bonchev–Trinajstić information content (AvgIpc) is 2.79. The second-order valence-corrected chi connectivity index (χ2v) is 6.45. The molecule has 0 saturated heterocycles. The summed E-state index contributed by atoms with van der Waals surface area (Å²) in [6, 6.07) is 24.4. The van der Waals surface area contributed by atoms with Crippen molar-refractivity contribution < 1.29 is 14.5 Å². The Labute approximate surface area is 173 Å². The van der Waals surface area contributed by atoms with E-state index in [1.807, 2.05) is 60.7 Å². The third kappa shape index (κ3) is 5.49. The standard InChI is InChI=1S/C22H20N4O4/c27-20(24-25-22(28)18-12-7-13-19(14-18)26(29)30)15-23-21(16-8-3-1-4-9-16)17-10-5-2-6-11-17/h1-14,21,23H,15H2,(H,24,27)(H,25,28). The number of nitro benzene ring substituents is 1. The molecule has 3 rings (SSSR count). The van der Waals surface area contributed by atoms with E-state index in [9.17, 15) is 19.7 Å². The summed E-state index contributed by atoms with van der Waals surface area (Å²) >= 11 is 0. The van der Waals surface area contributed by atoms with Crippen LogP contribution in [0.5, 0.6) is 0 Å². The van der Waals surface area contributed by atoms with Gasteiger partial charge in [0.15, 0.2) is 0 Å². The Bertz CT molecular complexity index is 986. The normalized spacial score (nSPS) is 10.4. The van der Waals surface area contributed by atoms with E-state index in [-0.39, 0.29) is 23.8 Å². The monoisotopic (exact) mass is 404 g/mol. The summed E-state index contributed by atoms with van der Waals surface area (Å²) in [5.41, 5.74) is 6.45. The van der Waals surface area contributed by atoms with E-state index in [1.54, 1.807) is 0 Å². The Morgan fingerprint density at radius 3 is 2.00 bits per heavy atom. The van der Waals surface area contributed by atoms with Gasteiger partial charge in [-0.15, -0.1) is 0 Å². The molecule has 8 nitrogen and oxygen atoms in total. The van der Waals surface area contributed by atoms with Gasteiger partial charge in [0.05, 0.1) is 17.5 Å². The van der Waals surface area contributed by atoms with E-state index >= 15 is 0 Å². The van der Waals surface area contributed by atoms with Crippen LogP contribution in [-0.4, -0.2) is 23.3 Å². The summed E-state index contributed by atoms with van der Waals surface area (Å²) in [7, 11) is 0. The minimum absolute atomic E-state index is 0.0519. The molecule has 2 amide bonds. The first-order valence-corrected chi connectivity index (χ1v) is 9.21. The van der Waals surface area contributed by atoms with Gasteiger partial charge >= 0.3 is 0 Å². The Kier molecular flexibility index (Phi) is 6.86. The molecule has 0 aliphatic heterocycles. The van der Waals surface area contributed by atoms with E-state index in [0.29, 0.717) is 0 Å². The maximum absolute atomic E-state index is 12.2. The molecule has 3 aromatic carbocycles. The fraction of sp³-hybridized carbons (Fsp3) is 0.0909. The predicted molar refractivity (Wildman–Crippen MR) is 111 cm³/mol. The minimum Gasteiger partial charge on any atom is -0.298 e. The van der Waals surface area contributed by atoms with Gasteiger partial charge in [0.2, 0.25) is 0 Å². The SMILES string of the molecule is O=C(CNC(c1ccccc1)c1ccccc1)NNC(=O)c1cccc([N+](=O)[O-])c1. The largest absolute Gasteiger partial charge is 0.298 e. The zero-order valence-corrected chi connectivity index (χ0v) is 15.9. The fourth-order valence-corrected chi connectivity index (χ4v) is 2.92. The van der Waals surface area contributed by atoms with Crippen molar-refractivity contribution in [2.75, 3.05) is 6.54 Å². The van der Waals surface area contributed by atoms with Gasteiger partial charge in [-0.3, -0.25) is 35.9 Å². The van der Waals surface area contributed by atoms with Gasteiger partial charge in [-0.2, -0.15) is 0 Å². The highest BCUT2D eigenvalue weighted by Gasteiger charge is 2.16. The highest BCUT2D eigenvalue weighted by Crippen LogP contribution is 2.21. The number of hydrogen-bond donors (Lipinski definition) is 3. The summed E-state index contributed by atoms with van der Waals surface area (Å²) in [6.07, 6.45) is 0. The molecule has 0 radical (unpaired) electrons. The summed E-state index contributed by atoms with van der Waals surface area (Å²) in [5.74, 6) is -1.10. The summed E-state index contributed by atoms with van der Waals surface area (Å²) in [6.45, 7) is -0.0519. The van der Waals surface area contributed by atoms with Crippen LogP contribution in [0.25, 0.3) is 0 Å². The van der Waals surface area contributed by atoms with E-state index in [4.69, 9.17) is 0 Å². The van der Waals surface area contributed by atoms with Crippen molar-refractivity contribution in [3.63, 3.8) is 0 Å². The van der Waals surface area contributed by atoms with Crippen molar-refractivity contribution >= 4 is 17.5 Å². The van der Waals surface area contributed by atoms with Crippen LogP contribution in [0.1, 0.15) is 27.5 Å². The number of hydrazine groups is 1. The Hall–Kier alpha value is -4.04. The molecule has 0 aliphatic carbocycles. The number of amides is 2. The number of hydrogen-bond acceptors (Lipinski definition) is 5. The number of benzene rings is 3. The Balaban J connectivity index is 1.59. The molecule has 0 aliphatic rings. The first-order valence-electron chi connectivity index (χ1n) is 9.21. The summed E-state index contributed by atoms with van der Waals surface area (Å²) < 4.78 is 0. The molecule has 0 heterocycles. The molecule has 30 heavy (non-hydrogen) atoms. The number of carbonyl (C=O) groups is 2. The van der Waals surface area contributed by atoms with Crippen LogP contribution in [0.15, 0.2) is 84.9 Å². The molecule has 0 unspecified atom stereocenters. The molecule has 152 valence electrons. The summed E-state index contributed by atoms with van der Waals surface area (Å²) in [4.78, 5) is 34.6. The van der Waals surface area contributed by atoms with Gasteiger partial charge in [0.25, 0.3) is 17.5 Å². The highest BCUT2D eigenvalue weighted by atomic mass is 16.6. The fourth-order valence-electron chi connectivity index (χ4n) is 2.92. The van der Waals surface area contributed by atoms with Gasteiger partial charge in [-0.05, 0) is 17.2 Å². The second-order valence-electron chi connectivity index (χ2n) is 6.45. The molecule has 0 aromatic heterocycles. The average molecular weight is 404 g/mol. The van der Waals surface area contributed by atoms with Crippen molar-refractivity contribution in [1.29, 1.82) is 0 Å². The second kappa shape index (κ2) is 9.94. The topological polar surface area (TPSA) is 113 Å². The Morgan fingerprint density at radius 1 is 0.833 bits per heavy atom. The number of nitro groups is 1. The molecule has 3 aromatic rings. The van der Waals surface area contributed by atoms with Crippen molar-refractivity contribution in [2.24, 2.45) is 0 Å². The molecule has 0 spiro atoms. The molecule has 8 heteroatoms. The van der Waals surface area contributed by atoms with Crippen LogP contribution in [0, 0.1) is 10.1 Å². The van der Waals surface area contributed by atoms with Crippen LogP contribution < -0.4 is 16.2 Å². The van der Waals surface area contributed by atoms with Crippen molar-refractivity contribution in [1.82, 2.24) is 16.2 Å². The van der Waals surface area contributed by atoms with Gasteiger partial charge in [-0.1, -0.05) is 66.7 Å². The maximum atomic E-state index is 12.2. The number of rotatable bonds is 7. The van der Waals surface area contributed by atoms with Crippen LogP contribution in [0.2, 0.25) is 0 Å². The molecule has 0 atom stereocenters. The third-order valence-electron chi connectivity index (χ3n) is 4.37. The highest BCUT2D eigenvalue weighted by molar-refractivity contribution is 5.96. The first kappa shape index (κ1) is 20.7. The lowest BCUT2D eigenvalue weighted by molar-refractivity contribution is -0.384. The Morgan fingerprint density at radius 2 is 1.43 bits per heavy atom. The lowest BCUT2D eigenvalue weighted by Gasteiger charge is -2.19. The lowest BCUT2D eigenvalue weighted by Crippen LogP contribution is -2.46. The lowest BCUT2D eigenvalue weighted by atomic mass is 9.99. The zero-order chi connectivity index (χ0) is 21.3. The van der Waals surface area contributed by atoms with Crippen molar-refractivity contribution in [3.8, 4) is 0 Å². The van der Waals surface area contributed by atoms with Gasteiger partial charge < -0.3 is 0 Å². The van der Waals surface area contributed by atoms with E-state index in [2.05, 4.69) is 16.2 Å². The molecule has 0 fully saturated rings. The molecular weight excluding hydrogens is 384 g/mol. The quantitative estimate of drug-likeness (QED) is 0.414. The van der Waals surface area contributed by atoms with Crippen LogP contribution in [-0.2, 0) is 4.79 Å². The van der Waals surface area contributed by atoms with Crippen molar-refractivity contribution in [3.05, 3.63) is 112 Å². The van der Waals surface area contributed by atoms with Gasteiger partial charge in [-0.25, -0.2) is 0 Å². The molecule has 0 saturated carbocycles. The molecule has 0 bridgehead atoms. The number of non-ortho nitro benzene ring substituents is 1. The first-order chi connectivity index (χ1) is 14.5. The van der Waals surface area contributed by atoms with Gasteiger partial charge in [0, 0.05) is 17.7 Å². The molecule has 3 N–H and O–H groups in total. The maximum Gasteiger partial charge on any atom is 0.270 e. The smallest absolute Gasteiger partial charge is 0.270 e. The van der Waals surface area contributed by atoms with E-state index < -0.39 is 16.7 Å². The van der Waals surface area contributed by atoms with Crippen LogP contribution in [0.3, 0.4) is 0 Å². The van der Waals surface area contributed by atoms with E-state index in [0.717, 1.165) is 17.2 Å². The minimum atomic E-state index is -0.644. The summed E-state index contributed by atoms with van der Waals surface area (Å²) in [5, 5.41) is 14.0. The third-order valence-corrected chi connectivity index (χ3v) is 4.37. The van der Waals surface area contributed by atoms with Crippen LogP contribution >= 0.6 is 0 Å². The number of carbonyl (C=O) groups excluding carboxylic acids is 2. The zero-order valence-electron chi connectivity index (χ0n) is 15.9. The van der Waals surface area contributed by atoms with Crippen molar-refractivity contribution in [2.45, 2.75) is 6.04 Å². The predicted octanol–water partition coefficient (Wildman–Crippen LogP) is 2.74. The molecular formula is C22H20N4O4.